The fourth-order valence-electron chi connectivity index (χ4n) is 3.09. The number of benzene rings is 1. The number of amides is 1. The lowest BCUT2D eigenvalue weighted by Gasteiger charge is -2.30. The third kappa shape index (κ3) is 4.67. The number of methoxy groups -OCH3 is 2. The van der Waals surface area contributed by atoms with Crippen LogP contribution in [0, 0.1) is 0 Å². The van der Waals surface area contributed by atoms with Gasteiger partial charge in [-0.15, -0.1) is 0 Å². The van der Waals surface area contributed by atoms with E-state index in [9.17, 15) is 9.59 Å². The first-order valence-electron chi connectivity index (χ1n) is 8.90. The van der Waals surface area contributed by atoms with Gasteiger partial charge in [-0.2, -0.15) is 5.10 Å². The monoisotopic (exact) mass is 373 g/mol. The first-order chi connectivity index (χ1) is 12.8. The Bertz CT molecular complexity index is 851. The third-order valence-corrected chi connectivity index (χ3v) is 4.23. The Morgan fingerprint density at radius 1 is 1.04 bits per heavy atom. The summed E-state index contributed by atoms with van der Waals surface area (Å²) in [6.45, 7) is 7.71. The van der Waals surface area contributed by atoms with Crippen LogP contribution in [0.1, 0.15) is 27.7 Å². The average molecular weight is 373 g/mol. The molecule has 0 atom stereocenters. The fraction of sp³-hybridized carbons (Fsp3) is 0.450. The Balaban J connectivity index is 2.37. The van der Waals surface area contributed by atoms with Crippen LogP contribution in [-0.2, 0) is 11.3 Å². The van der Waals surface area contributed by atoms with Gasteiger partial charge in [0.1, 0.15) is 6.54 Å². The van der Waals surface area contributed by atoms with Crippen LogP contribution in [0.4, 0.5) is 0 Å². The SMILES string of the molecule is COc1ccc(-c2ccc(=O)n(CC(=O)N(C(C)C)C(C)C)n2)cc1OC. The summed E-state index contributed by atoms with van der Waals surface area (Å²) in [5.41, 5.74) is 1.02. The zero-order chi connectivity index (χ0) is 20.1. The summed E-state index contributed by atoms with van der Waals surface area (Å²) >= 11 is 0. The molecule has 0 aliphatic rings. The second-order valence-corrected chi connectivity index (χ2v) is 6.77. The Labute approximate surface area is 159 Å². The predicted molar refractivity (Wildman–Crippen MR) is 104 cm³/mol. The van der Waals surface area contributed by atoms with E-state index in [1.807, 2.05) is 33.8 Å². The van der Waals surface area contributed by atoms with Crippen molar-refractivity contribution in [2.75, 3.05) is 14.2 Å². The van der Waals surface area contributed by atoms with E-state index in [1.54, 1.807) is 37.3 Å². The number of carbonyl (C=O) groups is 1. The highest BCUT2D eigenvalue weighted by molar-refractivity contribution is 5.76. The molecule has 146 valence electrons. The number of ether oxygens (including phenoxy) is 2. The van der Waals surface area contributed by atoms with Gasteiger partial charge >= 0.3 is 0 Å². The van der Waals surface area contributed by atoms with Gasteiger partial charge in [-0.3, -0.25) is 9.59 Å². The summed E-state index contributed by atoms with van der Waals surface area (Å²) in [5.74, 6) is 1.03. The molecule has 0 aliphatic carbocycles. The molecule has 0 bridgehead atoms. The van der Waals surface area contributed by atoms with Gasteiger partial charge in [-0.25, -0.2) is 4.68 Å². The van der Waals surface area contributed by atoms with Crippen LogP contribution in [0.25, 0.3) is 11.3 Å². The van der Waals surface area contributed by atoms with Crippen molar-refractivity contribution >= 4 is 5.91 Å². The molecular weight excluding hydrogens is 346 g/mol. The molecule has 27 heavy (non-hydrogen) atoms. The number of nitrogens with zero attached hydrogens (tertiary/aromatic N) is 3. The maximum absolute atomic E-state index is 12.7. The quantitative estimate of drug-likeness (QED) is 0.746. The number of hydrogen-bond donors (Lipinski definition) is 0. The minimum Gasteiger partial charge on any atom is -0.493 e. The van der Waals surface area contributed by atoms with Crippen LogP contribution in [0.2, 0.25) is 0 Å². The van der Waals surface area contributed by atoms with Crippen LogP contribution in [0.3, 0.4) is 0 Å². The molecule has 1 heterocycles. The Hall–Kier alpha value is -2.83. The van der Waals surface area contributed by atoms with Gasteiger partial charge in [0.15, 0.2) is 11.5 Å². The third-order valence-electron chi connectivity index (χ3n) is 4.23. The highest BCUT2D eigenvalue weighted by Crippen LogP contribution is 2.31. The largest absolute Gasteiger partial charge is 0.493 e. The number of aromatic nitrogens is 2. The molecule has 7 heteroatoms. The van der Waals surface area contributed by atoms with E-state index in [2.05, 4.69) is 5.10 Å². The normalized spacial score (nSPS) is 11.0. The first kappa shape index (κ1) is 20.5. The first-order valence-corrected chi connectivity index (χ1v) is 8.90. The molecule has 2 rings (SSSR count). The van der Waals surface area contributed by atoms with Gasteiger partial charge in [-0.1, -0.05) is 0 Å². The number of hydrogen-bond acceptors (Lipinski definition) is 5. The minimum atomic E-state index is -0.319. The van der Waals surface area contributed by atoms with Gasteiger partial charge in [-0.05, 0) is 52.0 Å². The minimum absolute atomic E-state index is 0.0437. The van der Waals surface area contributed by atoms with Gasteiger partial charge < -0.3 is 14.4 Å². The Morgan fingerprint density at radius 3 is 2.22 bits per heavy atom. The van der Waals surface area contributed by atoms with Crippen molar-refractivity contribution in [3.63, 3.8) is 0 Å². The molecule has 0 unspecified atom stereocenters. The molecule has 0 saturated carbocycles. The van der Waals surface area contributed by atoms with E-state index in [1.165, 1.54) is 10.7 Å². The summed E-state index contributed by atoms with van der Waals surface area (Å²) in [7, 11) is 3.12. The fourth-order valence-corrected chi connectivity index (χ4v) is 3.09. The molecule has 0 radical (unpaired) electrons. The smallest absolute Gasteiger partial charge is 0.267 e. The molecule has 0 saturated heterocycles. The van der Waals surface area contributed by atoms with Gasteiger partial charge in [0.25, 0.3) is 5.56 Å². The standard InChI is InChI=1S/C20H27N3O4/c1-13(2)23(14(3)4)20(25)12-22-19(24)10-8-16(21-22)15-7-9-17(26-5)18(11-15)27-6/h7-11,13-14H,12H2,1-6H3. The molecule has 0 N–H and O–H groups in total. The van der Waals surface area contributed by atoms with Crippen molar-refractivity contribution in [3.05, 3.63) is 40.7 Å². The zero-order valence-electron chi connectivity index (χ0n) is 16.7. The van der Waals surface area contributed by atoms with E-state index in [0.29, 0.717) is 17.2 Å². The van der Waals surface area contributed by atoms with Crippen molar-refractivity contribution in [1.29, 1.82) is 0 Å². The highest BCUT2D eigenvalue weighted by atomic mass is 16.5. The van der Waals surface area contributed by atoms with Crippen molar-refractivity contribution in [2.24, 2.45) is 0 Å². The van der Waals surface area contributed by atoms with Crippen LogP contribution >= 0.6 is 0 Å². The van der Waals surface area contributed by atoms with Gasteiger partial charge in [0.2, 0.25) is 5.91 Å². The molecule has 0 spiro atoms. The predicted octanol–water partition coefficient (Wildman–Crippen LogP) is 2.57. The molecular formula is C20H27N3O4. The molecule has 7 nitrogen and oxygen atoms in total. The van der Waals surface area contributed by atoms with E-state index in [-0.39, 0.29) is 30.1 Å². The van der Waals surface area contributed by atoms with Crippen molar-refractivity contribution < 1.29 is 14.3 Å². The summed E-state index contributed by atoms with van der Waals surface area (Å²) < 4.78 is 11.8. The number of rotatable bonds is 7. The van der Waals surface area contributed by atoms with E-state index in [0.717, 1.165) is 5.56 Å². The van der Waals surface area contributed by atoms with E-state index >= 15 is 0 Å². The second-order valence-electron chi connectivity index (χ2n) is 6.77. The maximum atomic E-state index is 12.7. The number of carbonyl (C=O) groups excluding carboxylic acids is 1. The van der Waals surface area contributed by atoms with Crippen molar-refractivity contribution in [3.8, 4) is 22.8 Å². The molecule has 0 aliphatic heterocycles. The molecule has 1 aromatic carbocycles. The average Bonchev–Trinajstić information content (AvgIpc) is 2.62. The van der Waals surface area contributed by atoms with Crippen LogP contribution < -0.4 is 15.0 Å². The van der Waals surface area contributed by atoms with Gasteiger partial charge in [0, 0.05) is 23.7 Å². The summed E-state index contributed by atoms with van der Waals surface area (Å²) in [4.78, 5) is 26.6. The van der Waals surface area contributed by atoms with Crippen molar-refractivity contribution in [2.45, 2.75) is 46.3 Å². The topological polar surface area (TPSA) is 73.7 Å². The summed E-state index contributed by atoms with van der Waals surface area (Å²) in [6.07, 6.45) is 0. The van der Waals surface area contributed by atoms with E-state index in [4.69, 9.17) is 9.47 Å². The van der Waals surface area contributed by atoms with Crippen LogP contribution in [0.15, 0.2) is 35.1 Å². The molecule has 1 amide bonds. The zero-order valence-corrected chi connectivity index (χ0v) is 16.7. The highest BCUT2D eigenvalue weighted by Gasteiger charge is 2.21. The lowest BCUT2D eigenvalue weighted by molar-refractivity contribution is -0.135. The molecule has 2 aromatic rings. The molecule has 1 aromatic heterocycles. The Morgan fingerprint density at radius 2 is 1.67 bits per heavy atom. The van der Waals surface area contributed by atoms with Crippen LogP contribution in [-0.4, -0.2) is 46.9 Å². The lowest BCUT2D eigenvalue weighted by Crippen LogP contribution is -2.45. The summed E-state index contributed by atoms with van der Waals surface area (Å²) in [5, 5.41) is 4.37. The second kappa shape index (κ2) is 8.70. The van der Waals surface area contributed by atoms with Crippen molar-refractivity contribution in [1.82, 2.24) is 14.7 Å². The summed E-state index contributed by atoms with van der Waals surface area (Å²) in [6, 6.07) is 8.52. The Kier molecular flexibility index (Phi) is 6.60. The maximum Gasteiger partial charge on any atom is 0.267 e. The van der Waals surface area contributed by atoms with Gasteiger partial charge in [0.05, 0.1) is 19.9 Å². The molecule has 0 fully saturated rings. The van der Waals surface area contributed by atoms with E-state index < -0.39 is 0 Å². The van der Waals surface area contributed by atoms with Crippen LogP contribution in [0.5, 0.6) is 11.5 Å². The lowest BCUT2D eigenvalue weighted by atomic mass is 10.1.